The third kappa shape index (κ3) is 3.50. The van der Waals surface area contributed by atoms with Crippen LogP contribution >= 0.6 is 11.6 Å². The average molecular weight is 294 g/mol. The summed E-state index contributed by atoms with van der Waals surface area (Å²) in [6.07, 6.45) is 0.162. The smallest absolute Gasteiger partial charge is 0.142 e. The summed E-state index contributed by atoms with van der Waals surface area (Å²) in [5, 5.41) is 0.625. The summed E-state index contributed by atoms with van der Waals surface area (Å²) in [4.78, 5) is 0. The molecule has 0 saturated heterocycles. The predicted molar refractivity (Wildman–Crippen MR) is 79.5 cm³/mol. The van der Waals surface area contributed by atoms with E-state index >= 15 is 0 Å². The highest BCUT2D eigenvalue weighted by molar-refractivity contribution is 6.30. The van der Waals surface area contributed by atoms with Crippen molar-refractivity contribution in [3.8, 4) is 5.75 Å². The minimum atomic E-state index is -0.526. The fourth-order valence-electron chi connectivity index (χ4n) is 1.96. The molecule has 2 unspecified atom stereocenters. The van der Waals surface area contributed by atoms with Crippen molar-refractivity contribution in [2.24, 2.45) is 5.73 Å². The topological polar surface area (TPSA) is 35.2 Å². The van der Waals surface area contributed by atoms with Crippen LogP contribution in [0.4, 0.5) is 4.39 Å². The maximum atomic E-state index is 13.9. The van der Waals surface area contributed by atoms with E-state index in [1.807, 2.05) is 6.92 Å². The molecule has 0 saturated carbocycles. The van der Waals surface area contributed by atoms with E-state index in [1.165, 1.54) is 6.07 Å². The summed E-state index contributed by atoms with van der Waals surface area (Å²) in [5.74, 6) is 0.307. The van der Waals surface area contributed by atoms with Gasteiger partial charge < -0.3 is 10.5 Å². The molecule has 2 atom stereocenters. The van der Waals surface area contributed by atoms with Gasteiger partial charge in [0, 0.05) is 16.6 Å². The van der Waals surface area contributed by atoms with Crippen LogP contribution in [0.2, 0.25) is 5.02 Å². The molecular weight excluding hydrogens is 277 g/mol. The zero-order valence-electron chi connectivity index (χ0n) is 11.2. The van der Waals surface area contributed by atoms with Gasteiger partial charge in [-0.15, -0.1) is 0 Å². The lowest BCUT2D eigenvalue weighted by molar-refractivity contribution is 0.166. The van der Waals surface area contributed by atoms with Crippen molar-refractivity contribution in [1.82, 2.24) is 0 Å². The van der Waals surface area contributed by atoms with E-state index in [1.54, 1.807) is 42.5 Å². The zero-order valence-corrected chi connectivity index (χ0v) is 12.0. The lowest BCUT2D eigenvalue weighted by atomic mass is 10.0. The highest BCUT2D eigenvalue weighted by atomic mass is 35.5. The average Bonchev–Trinajstić information content (AvgIpc) is 2.47. The minimum Gasteiger partial charge on any atom is -0.484 e. The second kappa shape index (κ2) is 6.73. The van der Waals surface area contributed by atoms with Gasteiger partial charge in [0.25, 0.3) is 0 Å². The number of hydrogen-bond donors (Lipinski definition) is 1. The first-order valence-electron chi connectivity index (χ1n) is 6.54. The van der Waals surface area contributed by atoms with Crippen molar-refractivity contribution >= 4 is 11.6 Å². The van der Waals surface area contributed by atoms with Gasteiger partial charge in [0.1, 0.15) is 17.7 Å². The highest BCUT2D eigenvalue weighted by Gasteiger charge is 2.23. The fourth-order valence-corrected chi connectivity index (χ4v) is 2.09. The van der Waals surface area contributed by atoms with Crippen LogP contribution in [0.15, 0.2) is 48.5 Å². The van der Waals surface area contributed by atoms with E-state index in [9.17, 15) is 4.39 Å². The Kier molecular flexibility index (Phi) is 4.99. The molecule has 0 aliphatic rings. The molecule has 20 heavy (non-hydrogen) atoms. The van der Waals surface area contributed by atoms with E-state index < -0.39 is 6.10 Å². The van der Waals surface area contributed by atoms with Crippen molar-refractivity contribution in [3.63, 3.8) is 0 Å². The summed E-state index contributed by atoms with van der Waals surface area (Å²) in [7, 11) is 0. The van der Waals surface area contributed by atoms with E-state index in [0.717, 1.165) is 0 Å². The maximum absolute atomic E-state index is 13.9. The highest BCUT2D eigenvalue weighted by Crippen LogP contribution is 2.28. The van der Waals surface area contributed by atoms with Crippen LogP contribution in [-0.4, -0.2) is 6.04 Å². The summed E-state index contributed by atoms with van der Waals surface area (Å²) in [6.45, 7) is 1.95. The lowest BCUT2D eigenvalue weighted by Gasteiger charge is -2.25. The Labute approximate surface area is 123 Å². The van der Waals surface area contributed by atoms with Gasteiger partial charge in [0.05, 0.1) is 0 Å². The molecule has 2 aromatic rings. The predicted octanol–water partition coefficient (Wildman–Crippen LogP) is 4.34. The molecule has 0 fully saturated rings. The molecule has 2 aromatic carbocycles. The van der Waals surface area contributed by atoms with Crippen LogP contribution in [0.3, 0.4) is 0 Å². The molecule has 0 bridgehead atoms. The number of rotatable bonds is 5. The van der Waals surface area contributed by atoms with E-state index in [-0.39, 0.29) is 11.9 Å². The Morgan fingerprint density at radius 3 is 2.40 bits per heavy atom. The van der Waals surface area contributed by atoms with Crippen LogP contribution in [-0.2, 0) is 0 Å². The fraction of sp³-hybridized carbons (Fsp3) is 0.250. The molecule has 0 heterocycles. The van der Waals surface area contributed by atoms with Crippen LogP contribution in [0.25, 0.3) is 0 Å². The Morgan fingerprint density at radius 1 is 1.15 bits per heavy atom. The molecule has 0 amide bonds. The molecule has 2 nitrogen and oxygen atoms in total. The minimum absolute atomic E-state index is 0.289. The van der Waals surface area contributed by atoms with Crippen LogP contribution < -0.4 is 10.5 Å². The van der Waals surface area contributed by atoms with Gasteiger partial charge in [-0.1, -0.05) is 36.7 Å². The number of hydrogen-bond acceptors (Lipinski definition) is 2. The molecule has 0 radical (unpaired) electrons. The number of benzene rings is 2. The second-order valence-electron chi connectivity index (χ2n) is 4.59. The van der Waals surface area contributed by atoms with Crippen molar-refractivity contribution in [1.29, 1.82) is 0 Å². The third-order valence-electron chi connectivity index (χ3n) is 3.15. The van der Waals surface area contributed by atoms with Crippen molar-refractivity contribution in [2.45, 2.75) is 25.5 Å². The van der Waals surface area contributed by atoms with Gasteiger partial charge in [-0.25, -0.2) is 4.39 Å². The Bertz CT molecular complexity index is 559. The third-order valence-corrected chi connectivity index (χ3v) is 3.40. The molecule has 2 rings (SSSR count). The van der Waals surface area contributed by atoms with Crippen molar-refractivity contribution < 1.29 is 9.13 Å². The lowest BCUT2D eigenvalue weighted by Crippen LogP contribution is -2.32. The van der Waals surface area contributed by atoms with E-state index in [4.69, 9.17) is 22.1 Å². The standard InChI is InChI=1S/C16H17ClFNO/c1-2-15(19)16(13-5-3-4-6-14(13)18)20-12-9-7-11(17)8-10-12/h3-10,15-16H,2,19H2,1H3. The molecule has 2 N–H and O–H groups in total. The first-order valence-corrected chi connectivity index (χ1v) is 6.92. The number of nitrogens with two attached hydrogens (primary N) is 1. The Morgan fingerprint density at radius 2 is 1.80 bits per heavy atom. The molecule has 4 heteroatoms. The number of halogens is 2. The van der Waals surface area contributed by atoms with E-state index in [2.05, 4.69) is 0 Å². The SMILES string of the molecule is CCC(N)C(Oc1ccc(Cl)cc1)c1ccccc1F. The van der Waals surface area contributed by atoms with Gasteiger partial charge in [0.2, 0.25) is 0 Å². The quantitative estimate of drug-likeness (QED) is 0.890. The summed E-state index contributed by atoms with van der Waals surface area (Å²) < 4.78 is 19.8. The van der Waals surface area contributed by atoms with Crippen molar-refractivity contribution in [2.75, 3.05) is 0 Å². The van der Waals surface area contributed by atoms with Crippen LogP contribution in [0, 0.1) is 5.82 Å². The van der Waals surface area contributed by atoms with Gasteiger partial charge >= 0.3 is 0 Å². The summed E-state index contributed by atoms with van der Waals surface area (Å²) in [5.41, 5.74) is 6.55. The van der Waals surface area contributed by atoms with E-state index in [0.29, 0.717) is 22.8 Å². The van der Waals surface area contributed by atoms with Gasteiger partial charge in [-0.2, -0.15) is 0 Å². The molecule has 0 aromatic heterocycles. The molecule has 0 aliphatic heterocycles. The monoisotopic (exact) mass is 293 g/mol. The Balaban J connectivity index is 2.29. The molecular formula is C16H17ClFNO. The largest absolute Gasteiger partial charge is 0.484 e. The second-order valence-corrected chi connectivity index (χ2v) is 5.02. The van der Waals surface area contributed by atoms with Crippen LogP contribution in [0.1, 0.15) is 25.0 Å². The first-order chi connectivity index (χ1) is 9.61. The van der Waals surface area contributed by atoms with Crippen LogP contribution in [0.5, 0.6) is 5.75 Å². The maximum Gasteiger partial charge on any atom is 0.142 e. The summed E-state index contributed by atoms with van der Waals surface area (Å²) >= 11 is 5.84. The van der Waals surface area contributed by atoms with Gasteiger partial charge in [-0.3, -0.25) is 0 Å². The van der Waals surface area contributed by atoms with Gasteiger partial charge in [-0.05, 0) is 36.8 Å². The number of ether oxygens (including phenoxy) is 1. The molecule has 0 aliphatic carbocycles. The summed E-state index contributed by atoms with van der Waals surface area (Å²) in [6, 6.07) is 13.2. The molecule has 106 valence electrons. The van der Waals surface area contributed by atoms with Gasteiger partial charge in [0.15, 0.2) is 0 Å². The first kappa shape index (κ1) is 14.8. The Hall–Kier alpha value is -1.58. The molecule has 0 spiro atoms. The zero-order chi connectivity index (χ0) is 14.5. The normalized spacial score (nSPS) is 13.8. The van der Waals surface area contributed by atoms with Crippen molar-refractivity contribution in [3.05, 3.63) is 64.9 Å².